The summed E-state index contributed by atoms with van der Waals surface area (Å²) in [5.41, 5.74) is 1.13. The number of phenols is 1. The lowest BCUT2D eigenvalue weighted by molar-refractivity contribution is -0.159. The summed E-state index contributed by atoms with van der Waals surface area (Å²) in [6.07, 6.45) is 3.51. The summed E-state index contributed by atoms with van der Waals surface area (Å²) in [5.74, 6) is -2.38. The van der Waals surface area contributed by atoms with E-state index in [4.69, 9.17) is 24.5 Å². The van der Waals surface area contributed by atoms with E-state index in [-0.39, 0.29) is 6.10 Å². The van der Waals surface area contributed by atoms with Gasteiger partial charge in [-0.05, 0) is 44.1 Å². The van der Waals surface area contributed by atoms with Crippen LogP contribution in [0.25, 0.3) is 0 Å². The highest BCUT2D eigenvalue weighted by atomic mass is 16.5. The molecule has 0 aliphatic carbocycles. The van der Waals surface area contributed by atoms with Crippen LogP contribution in [0.1, 0.15) is 32.3 Å². The Kier molecular flexibility index (Phi) is 8.05. The van der Waals surface area contributed by atoms with E-state index in [0.29, 0.717) is 5.75 Å². The second-order valence-corrected chi connectivity index (χ2v) is 5.65. The number of aliphatic carboxylic acids is 2. The minimum atomic E-state index is -1.82. The number of hydrogen-bond donors (Lipinski definition) is 3. The van der Waals surface area contributed by atoms with Crippen LogP contribution < -0.4 is 4.74 Å². The predicted octanol–water partition coefficient (Wildman–Crippen LogP) is 1.97. The molecular formula is C17H25NO6. The van der Waals surface area contributed by atoms with Crippen molar-refractivity contribution >= 4 is 11.9 Å². The molecule has 134 valence electrons. The van der Waals surface area contributed by atoms with Crippen LogP contribution in [-0.4, -0.2) is 57.9 Å². The smallest absolute Gasteiger partial charge is 0.414 e. The molecule has 0 amide bonds. The number of carboxylic acid groups (broad SMARTS) is 2. The van der Waals surface area contributed by atoms with Gasteiger partial charge < -0.3 is 20.1 Å². The average Bonchev–Trinajstić information content (AvgIpc) is 2.89. The van der Waals surface area contributed by atoms with Crippen LogP contribution in [0.2, 0.25) is 0 Å². The van der Waals surface area contributed by atoms with E-state index in [9.17, 15) is 5.11 Å². The Morgan fingerprint density at radius 3 is 2.25 bits per heavy atom. The highest BCUT2D eigenvalue weighted by Gasteiger charge is 2.24. The van der Waals surface area contributed by atoms with E-state index < -0.39 is 11.9 Å². The highest BCUT2D eigenvalue weighted by Crippen LogP contribution is 2.31. The van der Waals surface area contributed by atoms with Crippen LogP contribution in [0.15, 0.2) is 18.2 Å². The van der Waals surface area contributed by atoms with Crippen LogP contribution in [0.4, 0.5) is 0 Å². The molecule has 1 unspecified atom stereocenters. The van der Waals surface area contributed by atoms with E-state index in [1.807, 2.05) is 12.1 Å². The normalized spacial score (nSPS) is 15.2. The number of hydrogen-bond acceptors (Lipinski definition) is 5. The minimum absolute atomic E-state index is 0.236. The fourth-order valence-electron chi connectivity index (χ4n) is 2.62. The van der Waals surface area contributed by atoms with Crippen LogP contribution in [0.3, 0.4) is 0 Å². The summed E-state index contributed by atoms with van der Waals surface area (Å²) in [4.78, 5) is 20.7. The predicted molar refractivity (Wildman–Crippen MR) is 88.5 cm³/mol. The van der Waals surface area contributed by atoms with Gasteiger partial charge in [0, 0.05) is 18.5 Å². The lowest BCUT2D eigenvalue weighted by Gasteiger charge is -2.24. The average molecular weight is 339 g/mol. The van der Waals surface area contributed by atoms with Gasteiger partial charge >= 0.3 is 11.9 Å². The van der Waals surface area contributed by atoms with E-state index >= 15 is 0 Å². The molecule has 7 nitrogen and oxygen atoms in total. The van der Waals surface area contributed by atoms with Gasteiger partial charge in [-0.15, -0.1) is 0 Å². The van der Waals surface area contributed by atoms with Crippen molar-refractivity contribution in [2.45, 2.75) is 39.2 Å². The third-order valence-electron chi connectivity index (χ3n) is 3.51. The maximum atomic E-state index is 9.47. The van der Waals surface area contributed by atoms with Crippen molar-refractivity contribution in [1.82, 2.24) is 4.90 Å². The summed E-state index contributed by atoms with van der Waals surface area (Å²) in [6, 6.07) is 5.38. The third-order valence-corrected chi connectivity index (χ3v) is 3.51. The molecule has 1 atom stereocenters. The molecule has 1 heterocycles. The Morgan fingerprint density at radius 1 is 1.17 bits per heavy atom. The Labute approximate surface area is 141 Å². The number of fused-ring (bicyclic) bond motifs is 1. The Hall–Kier alpha value is -2.28. The summed E-state index contributed by atoms with van der Waals surface area (Å²) >= 11 is 0. The SMILES string of the molecule is CCCN(CCC)CC1Cc2cc(O)ccc2O1.O=C(O)C(=O)O. The molecule has 0 aromatic heterocycles. The monoisotopic (exact) mass is 339 g/mol. The second kappa shape index (κ2) is 9.77. The first-order chi connectivity index (χ1) is 11.4. The number of nitrogens with zero attached hydrogens (tertiary/aromatic N) is 1. The molecular weight excluding hydrogens is 314 g/mol. The number of rotatable bonds is 6. The Morgan fingerprint density at radius 2 is 1.75 bits per heavy atom. The van der Waals surface area contributed by atoms with Crippen molar-refractivity contribution in [3.05, 3.63) is 23.8 Å². The van der Waals surface area contributed by atoms with E-state index in [1.165, 1.54) is 12.8 Å². The molecule has 0 radical (unpaired) electrons. The van der Waals surface area contributed by atoms with Crippen molar-refractivity contribution < 1.29 is 29.6 Å². The van der Waals surface area contributed by atoms with Crippen LogP contribution in [0.5, 0.6) is 11.5 Å². The third kappa shape index (κ3) is 6.45. The van der Waals surface area contributed by atoms with Gasteiger partial charge in [-0.3, -0.25) is 4.90 Å². The van der Waals surface area contributed by atoms with Crippen molar-refractivity contribution in [3.63, 3.8) is 0 Å². The molecule has 0 fully saturated rings. The van der Waals surface area contributed by atoms with E-state index in [0.717, 1.165) is 37.4 Å². The summed E-state index contributed by atoms with van der Waals surface area (Å²) < 4.78 is 5.93. The first-order valence-electron chi connectivity index (χ1n) is 8.04. The zero-order valence-electron chi connectivity index (χ0n) is 14.1. The number of carbonyl (C=O) groups is 2. The molecule has 24 heavy (non-hydrogen) atoms. The minimum Gasteiger partial charge on any atom is -0.508 e. The van der Waals surface area contributed by atoms with Crippen molar-refractivity contribution in [2.24, 2.45) is 0 Å². The molecule has 1 aliphatic rings. The van der Waals surface area contributed by atoms with Gasteiger partial charge in [0.15, 0.2) is 0 Å². The Balaban J connectivity index is 0.000000413. The van der Waals surface area contributed by atoms with Crippen molar-refractivity contribution in [3.8, 4) is 11.5 Å². The van der Waals surface area contributed by atoms with Crippen LogP contribution in [-0.2, 0) is 16.0 Å². The molecule has 1 aromatic carbocycles. The lowest BCUT2D eigenvalue weighted by Crippen LogP contribution is -2.35. The molecule has 0 bridgehead atoms. The Bertz CT molecular complexity index is 542. The quantitative estimate of drug-likeness (QED) is 0.680. The number of aromatic hydroxyl groups is 1. The van der Waals surface area contributed by atoms with Crippen LogP contribution in [0, 0.1) is 0 Å². The maximum absolute atomic E-state index is 9.47. The molecule has 0 spiro atoms. The van der Waals surface area contributed by atoms with Gasteiger partial charge in [-0.25, -0.2) is 9.59 Å². The standard InChI is InChI=1S/C15H23NO2.C2H2O4/c1-3-7-16(8-4-2)11-14-10-12-9-13(17)5-6-15(12)18-14;3-1(4)2(5)6/h5-6,9,14,17H,3-4,7-8,10-11H2,1-2H3;(H,3,4)(H,5,6). The molecule has 1 aliphatic heterocycles. The number of phenolic OH excluding ortho intramolecular Hbond substituents is 1. The second-order valence-electron chi connectivity index (χ2n) is 5.65. The lowest BCUT2D eigenvalue weighted by atomic mass is 10.1. The highest BCUT2D eigenvalue weighted by molar-refractivity contribution is 6.27. The molecule has 7 heteroatoms. The summed E-state index contributed by atoms with van der Waals surface area (Å²) in [5, 5.41) is 24.2. The zero-order valence-corrected chi connectivity index (χ0v) is 14.1. The van der Waals surface area contributed by atoms with E-state index in [1.54, 1.807) is 6.07 Å². The van der Waals surface area contributed by atoms with E-state index in [2.05, 4.69) is 18.7 Å². The first-order valence-corrected chi connectivity index (χ1v) is 8.04. The summed E-state index contributed by atoms with van der Waals surface area (Å²) in [6.45, 7) is 7.68. The topological polar surface area (TPSA) is 107 Å². The maximum Gasteiger partial charge on any atom is 0.414 e. The molecule has 3 N–H and O–H groups in total. The molecule has 0 saturated carbocycles. The summed E-state index contributed by atoms with van der Waals surface area (Å²) in [7, 11) is 0. The number of benzene rings is 1. The largest absolute Gasteiger partial charge is 0.508 e. The van der Waals surface area contributed by atoms with Crippen molar-refractivity contribution in [2.75, 3.05) is 19.6 Å². The molecule has 0 saturated heterocycles. The van der Waals surface area contributed by atoms with Crippen molar-refractivity contribution in [1.29, 1.82) is 0 Å². The van der Waals surface area contributed by atoms with Gasteiger partial charge in [0.05, 0.1) is 0 Å². The molecule has 1 aromatic rings. The zero-order chi connectivity index (χ0) is 18.1. The van der Waals surface area contributed by atoms with Gasteiger partial charge in [0.25, 0.3) is 0 Å². The number of carboxylic acids is 2. The molecule has 2 rings (SSSR count). The van der Waals surface area contributed by atoms with Gasteiger partial charge in [0.1, 0.15) is 17.6 Å². The fraction of sp³-hybridized carbons (Fsp3) is 0.529. The van der Waals surface area contributed by atoms with Gasteiger partial charge in [0.2, 0.25) is 0 Å². The van der Waals surface area contributed by atoms with Crippen LogP contribution >= 0.6 is 0 Å². The van der Waals surface area contributed by atoms with Gasteiger partial charge in [-0.2, -0.15) is 0 Å². The number of ether oxygens (including phenoxy) is 1. The fourth-order valence-corrected chi connectivity index (χ4v) is 2.62. The van der Waals surface area contributed by atoms with Gasteiger partial charge in [-0.1, -0.05) is 13.8 Å². The first kappa shape index (κ1) is 19.8.